The van der Waals surface area contributed by atoms with Crippen molar-refractivity contribution in [2.45, 2.75) is 13.3 Å². The van der Waals surface area contributed by atoms with Crippen LogP contribution in [-0.4, -0.2) is 13.7 Å². The Morgan fingerprint density at radius 2 is 2.14 bits per heavy atom. The molecule has 0 aliphatic carbocycles. The number of halogens is 1. The van der Waals surface area contributed by atoms with E-state index in [0.29, 0.717) is 6.61 Å². The summed E-state index contributed by atoms with van der Waals surface area (Å²) in [7, 11) is 1.65. The summed E-state index contributed by atoms with van der Waals surface area (Å²) in [5.41, 5.74) is 2.39. The molecule has 0 heterocycles. The molecular weight excluding hydrogens is 246 g/mol. The van der Waals surface area contributed by atoms with Gasteiger partial charge in [0.05, 0.1) is 18.2 Å². The largest absolute Gasteiger partial charge is 0.496 e. The second kappa shape index (κ2) is 5.34. The first kappa shape index (κ1) is 11.5. The number of hydrogen-bond donors (Lipinski definition) is 1. The van der Waals surface area contributed by atoms with Crippen LogP contribution in [0.3, 0.4) is 0 Å². The summed E-state index contributed by atoms with van der Waals surface area (Å²) in [5.74, 6) is 5.83. The van der Waals surface area contributed by atoms with E-state index < -0.39 is 0 Å². The highest BCUT2D eigenvalue weighted by Gasteiger charge is 2.05. The van der Waals surface area contributed by atoms with E-state index in [0.717, 1.165) is 16.6 Å². The predicted molar refractivity (Wildman–Crippen MR) is 59.3 cm³/mol. The molecule has 0 fully saturated rings. The van der Waals surface area contributed by atoms with Crippen molar-refractivity contribution >= 4 is 15.9 Å². The third-order valence-electron chi connectivity index (χ3n) is 2.10. The molecule has 0 amide bonds. The van der Waals surface area contributed by atoms with Gasteiger partial charge in [-0.15, -0.1) is 0 Å². The topological polar surface area (TPSA) is 44.5 Å². The molecule has 14 heavy (non-hydrogen) atoms. The van der Waals surface area contributed by atoms with Crippen molar-refractivity contribution in [2.75, 3.05) is 13.7 Å². The van der Waals surface area contributed by atoms with Crippen LogP contribution < -0.4 is 10.6 Å². The first-order valence-electron chi connectivity index (χ1n) is 4.33. The van der Waals surface area contributed by atoms with E-state index in [1.165, 1.54) is 11.1 Å². The summed E-state index contributed by atoms with van der Waals surface area (Å²) in [6.45, 7) is 2.57. The highest BCUT2D eigenvalue weighted by atomic mass is 79.9. The fourth-order valence-electron chi connectivity index (χ4n) is 1.29. The molecule has 0 bridgehead atoms. The summed E-state index contributed by atoms with van der Waals surface area (Å²) in [6.07, 6.45) is 0.810. The van der Waals surface area contributed by atoms with Crippen molar-refractivity contribution in [1.82, 2.24) is 0 Å². The summed E-state index contributed by atoms with van der Waals surface area (Å²) in [5, 5.41) is 0. The maximum absolute atomic E-state index is 5.18. The van der Waals surface area contributed by atoms with Gasteiger partial charge in [0.2, 0.25) is 0 Å². The van der Waals surface area contributed by atoms with Crippen molar-refractivity contribution in [3.05, 3.63) is 27.7 Å². The highest BCUT2D eigenvalue weighted by Crippen LogP contribution is 2.28. The Balaban J connectivity index is 2.90. The molecule has 4 heteroatoms. The van der Waals surface area contributed by atoms with Gasteiger partial charge in [-0.25, -0.2) is 5.90 Å². The van der Waals surface area contributed by atoms with E-state index in [-0.39, 0.29) is 0 Å². The van der Waals surface area contributed by atoms with Crippen LogP contribution in [0, 0.1) is 6.92 Å². The van der Waals surface area contributed by atoms with E-state index >= 15 is 0 Å². The minimum atomic E-state index is 0.527. The Morgan fingerprint density at radius 3 is 2.71 bits per heavy atom. The summed E-state index contributed by atoms with van der Waals surface area (Å²) in [4.78, 5) is 4.55. The molecule has 2 N–H and O–H groups in total. The van der Waals surface area contributed by atoms with Gasteiger partial charge < -0.3 is 9.57 Å². The summed E-state index contributed by atoms with van der Waals surface area (Å²) in [6, 6.07) is 4.03. The quantitative estimate of drug-likeness (QED) is 0.844. The van der Waals surface area contributed by atoms with Crippen LogP contribution >= 0.6 is 15.9 Å². The fraction of sp³-hybridized carbons (Fsp3) is 0.400. The van der Waals surface area contributed by atoms with E-state index in [9.17, 15) is 0 Å². The van der Waals surface area contributed by atoms with E-state index in [4.69, 9.17) is 10.6 Å². The van der Waals surface area contributed by atoms with Gasteiger partial charge in [-0.05, 0) is 52.5 Å². The van der Waals surface area contributed by atoms with Gasteiger partial charge in [0.15, 0.2) is 0 Å². The molecule has 1 rings (SSSR count). The number of ether oxygens (including phenoxy) is 1. The van der Waals surface area contributed by atoms with Crippen molar-refractivity contribution in [3.8, 4) is 5.75 Å². The average molecular weight is 260 g/mol. The van der Waals surface area contributed by atoms with Gasteiger partial charge >= 0.3 is 0 Å². The van der Waals surface area contributed by atoms with Crippen LogP contribution in [0.15, 0.2) is 16.6 Å². The number of rotatable bonds is 4. The lowest BCUT2D eigenvalue weighted by atomic mass is 10.1. The van der Waals surface area contributed by atoms with Crippen molar-refractivity contribution < 1.29 is 9.57 Å². The van der Waals surface area contributed by atoms with Crippen LogP contribution in [0.1, 0.15) is 11.1 Å². The van der Waals surface area contributed by atoms with Crippen LogP contribution in [0.5, 0.6) is 5.75 Å². The number of benzene rings is 1. The zero-order valence-electron chi connectivity index (χ0n) is 8.34. The standard InChI is InChI=1S/C10H14BrNO2/c1-7-5-10(13-2)9(11)6-8(7)3-4-14-12/h5-6H,3-4,12H2,1-2H3. The smallest absolute Gasteiger partial charge is 0.133 e. The zero-order valence-corrected chi connectivity index (χ0v) is 9.93. The van der Waals surface area contributed by atoms with Gasteiger partial charge in [0, 0.05) is 0 Å². The molecule has 1 aromatic carbocycles. The third kappa shape index (κ3) is 2.70. The minimum Gasteiger partial charge on any atom is -0.496 e. The lowest BCUT2D eigenvalue weighted by Crippen LogP contribution is -2.05. The Morgan fingerprint density at radius 1 is 1.43 bits per heavy atom. The van der Waals surface area contributed by atoms with Crippen molar-refractivity contribution in [3.63, 3.8) is 0 Å². The van der Waals surface area contributed by atoms with Gasteiger partial charge in [-0.1, -0.05) is 0 Å². The third-order valence-corrected chi connectivity index (χ3v) is 2.72. The highest BCUT2D eigenvalue weighted by molar-refractivity contribution is 9.10. The van der Waals surface area contributed by atoms with Gasteiger partial charge in [-0.2, -0.15) is 0 Å². The van der Waals surface area contributed by atoms with Gasteiger partial charge in [0.25, 0.3) is 0 Å². The van der Waals surface area contributed by atoms with E-state index in [2.05, 4.69) is 20.8 Å². The second-order valence-corrected chi connectivity index (χ2v) is 3.89. The van der Waals surface area contributed by atoms with Gasteiger partial charge in [-0.3, -0.25) is 0 Å². The van der Waals surface area contributed by atoms with E-state index in [1.807, 2.05) is 19.1 Å². The maximum atomic E-state index is 5.18. The minimum absolute atomic E-state index is 0.527. The molecule has 0 radical (unpaired) electrons. The number of nitrogens with two attached hydrogens (primary N) is 1. The van der Waals surface area contributed by atoms with Gasteiger partial charge in [0.1, 0.15) is 5.75 Å². The SMILES string of the molecule is COc1cc(C)c(CCON)cc1Br. The van der Waals surface area contributed by atoms with Crippen LogP contribution in [0.2, 0.25) is 0 Å². The molecule has 0 aliphatic heterocycles. The molecule has 1 aromatic rings. The number of methoxy groups -OCH3 is 1. The first-order chi connectivity index (χ1) is 6.69. The Hall–Kier alpha value is -0.580. The van der Waals surface area contributed by atoms with Crippen LogP contribution in [0.25, 0.3) is 0 Å². The molecule has 78 valence electrons. The van der Waals surface area contributed by atoms with Crippen molar-refractivity contribution in [2.24, 2.45) is 5.90 Å². The molecule has 0 spiro atoms. The second-order valence-electron chi connectivity index (χ2n) is 3.03. The Labute approximate surface area is 92.3 Å². The number of hydrogen-bond acceptors (Lipinski definition) is 3. The molecule has 0 saturated heterocycles. The first-order valence-corrected chi connectivity index (χ1v) is 5.13. The lowest BCUT2D eigenvalue weighted by molar-refractivity contribution is 0.141. The number of aryl methyl sites for hydroxylation is 1. The molecule has 0 aromatic heterocycles. The predicted octanol–water partition coefficient (Wildman–Crippen LogP) is 2.20. The summed E-state index contributed by atoms with van der Waals surface area (Å²) >= 11 is 3.44. The lowest BCUT2D eigenvalue weighted by Gasteiger charge is -2.09. The van der Waals surface area contributed by atoms with Crippen molar-refractivity contribution in [1.29, 1.82) is 0 Å². The normalized spacial score (nSPS) is 10.3. The molecule has 0 saturated carbocycles. The molecule has 3 nitrogen and oxygen atoms in total. The molecule has 0 aliphatic rings. The Kier molecular flexibility index (Phi) is 4.38. The zero-order chi connectivity index (χ0) is 10.6. The monoisotopic (exact) mass is 259 g/mol. The van der Waals surface area contributed by atoms with Crippen LogP contribution in [-0.2, 0) is 11.3 Å². The summed E-state index contributed by atoms with van der Waals surface area (Å²) < 4.78 is 6.14. The van der Waals surface area contributed by atoms with Crippen LogP contribution in [0.4, 0.5) is 0 Å². The average Bonchev–Trinajstić information content (AvgIpc) is 2.18. The molecular formula is C10H14BrNO2. The van der Waals surface area contributed by atoms with E-state index in [1.54, 1.807) is 7.11 Å². The fourth-order valence-corrected chi connectivity index (χ4v) is 1.84. The maximum Gasteiger partial charge on any atom is 0.133 e. The molecule has 0 atom stereocenters. The Bertz CT molecular complexity index is 315. The molecule has 0 unspecified atom stereocenters.